The molecule has 110 valence electrons. The van der Waals surface area contributed by atoms with Crippen molar-refractivity contribution in [3.05, 3.63) is 69.5 Å². The minimum absolute atomic E-state index is 0.0635. The molecule has 1 aromatic heterocycles. The van der Waals surface area contributed by atoms with E-state index in [0.717, 1.165) is 29.8 Å². The van der Waals surface area contributed by atoms with Gasteiger partial charge in [-0.3, -0.25) is 15.1 Å². The van der Waals surface area contributed by atoms with Gasteiger partial charge in [0.05, 0.1) is 4.92 Å². The van der Waals surface area contributed by atoms with Crippen molar-refractivity contribution in [2.24, 2.45) is 0 Å². The van der Waals surface area contributed by atoms with Gasteiger partial charge in [0.2, 0.25) is 0 Å². The Morgan fingerprint density at radius 3 is 2.76 bits per heavy atom. The number of benzene rings is 1. The summed E-state index contributed by atoms with van der Waals surface area (Å²) in [5, 5.41) is 14.4. The van der Waals surface area contributed by atoms with Gasteiger partial charge in [-0.2, -0.15) is 0 Å². The summed E-state index contributed by atoms with van der Waals surface area (Å²) in [6, 6.07) is 11.1. The Labute approximate surface area is 124 Å². The summed E-state index contributed by atoms with van der Waals surface area (Å²) in [5.41, 5.74) is 2.89. The average molecular weight is 285 g/mol. The number of hydrogen-bond donors (Lipinski definition) is 1. The van der Waals surface area contributed by atoms with E-state index < -0.39 is 0 Å². The summed E-state index contributed by atoms with van der Waals surface area (Å²) in [6.07, 6.45) is 2.61. The SMILES string of the molecule is Cc1c([C@H](C)NCCc2ccccn2)cccc1[N+](=O)[O-]. The van der Waals surface area contributed by atoms with Crippen LogP contribution in [0.25, 0.3) is 0 Å². The standard InChI is InChI=1S/C16H19N3O2/c1-12-15(7-5-8-16(12)19(20)21)13(2)17-11-9-14-6-3-4-10-18-14/h3-8,10,13,17H,9,11H2,1-2H3/t13-/m0/s1. The van der Waals surface area contributed by atoms with E-state index in [-0.39, 0.29) is 16.7 Å². The molecule has 5 heteroatoms. The third-order valence-corrected chi connectivity index (χ3v) is 3.57. The Kier molecular flexibility index (Phi) is 5.00. The minimum atomic E-state index is -0.334. The number of pyridine rings is 1. The molecule has 0 aliphatic heterocycles. The molecule has 0 aliphatic rings. The number of hydrogen-bond acceptors (Lipinski definition) is 4. The summed E-state index contributed by atoms with van der Waals surface area (Å²) < 4.78 is 0. The van der Waals surface area contributed by atoms with Crippen LogP contribution in [0.15, 0.2) is 42.6 Å². The second kappa shape index (κ2) is 6.95. The van der Waals surface area contributed by atoms with Crippen LogP contribution in [0.4, 0.5) is 5.69 Å². The fourth-order valence-electron chi connectivity index (χ4n) is 2.38. The Bertz CT molecular complexity index is 614. The quantitative estimate of drug-likeness (QED) is 0.653. The molecule has 1 aromatic carbocycles. The van der Waals surface area contributed by atoms with Crippen LogP contribution in [0.2, 0.25) is 0 Å². The van der Waals surface area contributed by atoms with Crippen LogP contribution in [0.3, 0.4) is 0 Å². The summed E-state index contributed by atoms with van der Waals surface area (Å²) in [6.45, 7) is 4.59. The molecule has 0 radical (unpaired) electrons. The molecule has 21 heavy (non-hydrogen) atoms. The van der Waals surface area contributed by atoms with Crippen LogP contribution in [0.1, 0.15) is 29.8 Å². The first-order chi connectivity index (χ1) is 10.1. The van der Waals surface area contributed by atoms with Crippen molar-refractivity contribution in [1.29, 1.82) is 0 Å². The van der Waals surface area contributed by atoms with Crippen molar-refractivity contribution in [2.75, 3.05) is 6.54 Å². The lowest BCUT2D eigenvalue weighted by atomic mass is 10.0. The lowest BCUT2D eigenvalue weighted by Gasteiger charge is -2.16. The van der Waals surface area contributed by atoms with E-state index >= 15 is 0 Å². The van der Waals surface area contributed by atoms with Gasteiger partial charge < -0.3 is 5.32 Å². The van der Waals surface area contributed by atoms with Crippen molar-refractivity contribution in [3.8, 4) is 0 Å². The molecular weight excluding hydrogens is 266 g/mol. The van der Waals surface area contributed by atoms with Crippen molar-refractivity contribution in [3.63, 3.8) is 0 Å². The summed E-state index contributed by atoms with van der Waals surface area (Å²) in [7, 11) is 0. The van der Waals surface area contributed by atoms with Crippen molar-refractivity contribution in [1.82, 2.24) is 10.3 Å². The molecule has 0 spiro atoms. The van der Waals surface area contributed by atoms with Gasteiger partial charge in [-0.25, -0.2) is 0 Å². The van der Waals surface area contributed by atoms with Crippen LogP contribution >= 0.6 is 0 Å². The van der Waals surface area contributed by atoms with Crippen LogP contribution in [-0.4, -0.2) is 16.5 Å². The lowest BCUT2D eigenvalue weighted by molar-refractivity contribution is -0.385. The highest BCUT2D eigenvalue weighted by molar-refractivity contribution is 5.45. The van der Waals surface area contributed by atoms with E-state index in [1.807, 2.05) is 31.2 Å². The third-order valence-electron chi connectivity index (χ3n) is 3.57. The maximum atomic E-state index is 11.0. The first-order valence-electron chi connectivity index (χ1n) is 6.97. The van der Waals surface area contributed by atoms with E-state index in [2.05, 4.69) is 10.3 Å². The second-order valence-electron chi connectivity index (χ2n) is 5.00. The highest BCUT2D eigenvalue weighted by atomic mass is 16.6. The van der Waals surface area contributed by atoms with Gasteiger partial charge in [-0.15, -0.1) is 0 Å². The van der Waals surface area contributed by atoms with Crippen molar-refractivity contribution < 1.29 is 4.92 Å². The zero-order chi connectivity index (χ0) is 15.2. The van der Waals surface area contributed by atoms with E-state index in [4.69, 9.17) is 0 Å². The van der Waals surface area contributed by atoms with Gasteiger partial charge in [0.15, 0.2) is 0 Å². The molecule has 0 bridgehead atoms. The molecule has 0 unspecified atom stereocenters. The highest BCUT2D eigenvalue weighted by Crippen LogP contribution is 2.25. The van der Waals surface area contributed by atoms with Crippen LogP contribution < -0.4 is 5.32 Å². The second-order valence-corrected chi connectivity index (χ2v) is 5.00. The molecule has 0 fully saturated rings. The predicted molar refractivity (Wildman–Crippen MR) is 82.2 cm³/mol. The zero-order valence-corrected chi connectivity index (χ0v) is 12.2. The zero-order valence-electron chi connectivity index (χ0n) is 12.2. The fourth-order valence-corrected chi connectivity index (χ4v) is 2.38. The molecule has 5 nitrogen and oxygen atoms in total. The first kappa shape index (κ1) is 15.1. The number of aromatic nitrogens is 1. The molecule has 0 aliphatic carbocycles. The number of nitro benzene ring substituents is 1. The Morgan fingerprint density at radius 2 is 2.10 bits per heavy atom. The first-order valence-corrected chi connectivity index (χ1v) is 6.97. The summed E-state index contributed by atoms with van der Waals surface area (Å²) in [5.74, 6) is 0. The van der Waals surface area contributed by atoms with E-state index in [1.54, 1.807) is 25.3 Å². The molecule has 0 saturated carbocycles. The average Bonchev–Trinajstić information content (AvgIpc) is 2.48. The van der Waals surface area contributed by atoms with E-state index in [9.17, 15) is 10.1 Å². The maximum Gasteiger partial charge on any atom is 0.272 e. The van der Waals surface area contributed by atoms with Gasteiger partial charge in [-0.05, 0) is 31.5 Å². The number of nitrogens with one attached hydrogen (secondary N) is 1. The van der Waals surface area contributed by atoms with Crippen molar-refractivity contribution in [2.45, 2.75) is 26.3 Å². The molecule has 2 rings (SSSR count). The van der Waals surface area contributed by atoms with Crippen LogP contribution in [-0.2, 0) is 6.42 Å². The molecule has 1 N–H and O–H groups in total. The van der Waals surface area contributed by atoms with Crippen LogP contribution in [0.5, 0.6) is 0 Å². The van der Waals surface area contributed by atoms with Gasteiger partial charge in [0, 0.05) is 42.5 Å². The monoisotopic (exact) mass is 285 g/mol. The molecule has 2 aromatic rings. The number of nitro groups is 1. The van der Waals surface area contributed by atoms with Gasteiger partial charge in [0.1, 0.15) is 0 Å². The van der Waals surface area contributed by atoms with Gasteiger partial charge in [-0.1, -0.05) is 18.2 Å². The predicted octanol–water partition coefficient (Wildman–Crippen LogP) is 3.19. The normalized spacial score (nSPS) is 12.1. The molecule has 1 heterocycles. The van der Waals surface area contributed by atoms with E-state index in [0.29, 0.717) is 0 Å². The number of nitrogens with zero attached hydrogens (tertiary/aromatic N) is 2. The summed E-state index contributed by atoms with van der Waals surface area (Å²) >= 11 is 0. The molecule has 0 amide bonds. The fraction of sp³-hybridized carbons (Fsp3) is 0.312. The van der Waals surface area contributed by atoms with Gasteiger partial charge in [0.25, 0.3) is 5.69 Å². The lowest BCUT2D eigenvalue weighted by Crippen LogP contribution is -2.22. The smallest absolute Gasteiger partial charge is 0.272 e. The maximum absolute atomic E-state index is 11.0. The van der Waals surface area contributed by atoms with E-state index in [1.165, 1.54) is 0 Å². The highest BCUT2D eigenvalue weighted by Gasteiger charge is 2.16. The number of rotatable bonds is 6. The molecular formula is C16H19N3O2. The summed E-state index contributed by atoms with van der Waals surface area (Å²) in [4.78, 5) is 14.9. The Hall–Kier alpha value is -2.27. The third kappa shape index (κ3) is 3.86. The molecule has 1 atom stereocenters. The minimum Gasteiger partial charge on any atom is -0.310 e. The largest absolute Gasteiger partial charge is 0.310 e. The van der Waals surface area contributed by atoms with Crippen LogP contribution in [0, 0.1) is 17.0 Å². The molecule has 0 saturated heterocycles. The van der Waals surface area contributed by atoms with Crippen molar-refractivity contribution >= 4 is 5.69 Å². The Morgan fingerprint density at radius 1 is 1.29 bits per heavy atom. The van der Waals surface area contributed by atoms with Gasteiger partial charge >= 0.3 is 0 Å². The Balaban J connectivity index is 1.99. The topological polar surface area (TPSA) is 68.1 Å².